The van der Waals surface area contributed by atoms with E-state index in [2.05, 4.69) is 38.2 Å². The van der Waals surface area contributed by atoms with Gasteiger partial charge in [0.15, 0.2) is 17.3 Å². The minimum absolute atomic E-state index is 0.629. The van der Waals surface area contributed by atoms with Crippen LogP contribution in [0.15, 0.2) is 58.4 Å². The molecule has 0 aliphatic heterocycles. The molecule has 1 aromatic heterocycles. The smallest absolute Gasteiger partial charge is 0.184 e. The Kier molecular flexibility index (Phi) is 6.01. The molecule has 7 heteroatoms. The maximum atomic E-state index is 5.75. The summed E-state index contributed by atoms with van der Waals surface area (Å²) in [5, 5.41) is 12.6. The summed E-state index contributed by atoms with van der Waals surface area (Å²) in [6.45, 7) is 2.69. The van der Waals surface area contributed by atoms with E-state index in [9.17, 15) is 0 Å². The predicted octanol–water partition coefficient (Wildman–Crippen LogP) is 4.39. The molecule has 0 N–H and O–H groups in total. The molecule has 0 unspecified atom stereocenters. The molecule has 0 aliphatic carbocycles. The zero-order chi connectivity index (χ0) is 18.4. The molecule has 0 saturated heterocycles. The van der Waals surface area contributed by atoms with Crippen LogP contribution in [-0.2, 0) is 0 Å². The van der Waals surface area contributed by atoms with Crippen LogP contribution >= 0.6 is 15.9 Å². The highest BCUT2D eigenvalue weighted by Crippen LogP contribution is 2.36. The summed E-state index contributed by atoms with van der Waals surface area (Å²) in [5.74, 6) is 2.03. The van der Waals surface area contributed by atoms with Crippen molar-refractivity contribution in [1.29, 1.82) is 0 Å². The average molecular weight is 415 g/mol. The minimum Gasteiger partial charge on any atom is -0.493 e. The number of methoxy groups -OCH3 is 1. The van der Waals surface area contributed by atoms with Crippen LogP contribution in [-0.4, -0.2) is 34.8 Å². The fraction of sp³-hybridized carbons (Fsp3) is 0.211. The Hall–Kier alpha value is -2.67. The summed E-state index contributed by atoms with van der Waals surface area (Å²) in [7, 11) is 1.62. The van der Waals surface area contributed by atoms with E-state index in [1.807, 2.05) is 42.5 Å². The van der Waals surface area contributed by atoms with Crippen LogP contribution in [0.25, 0.3) is 11.4 Å². The maximum absolute atomic E-state index is 5.75. The number of hydrogen-bond donors (Lipinski definition) is 0. The Balaban J connectivity index is 1.88. The topological polar surface area (TPSA) is 61.5 Å². The molecule has 0 atom stereocenters. The highest BCUT2D eigenvalue weighted by Gasteiger charge is 2.11. The molecule has 0 saturated carbocycles. The van der Waals surface area contributed by atoms with E-state index in [4.69, 9.17) is 9.47 Å². The van der Waals surface area contributed by atoms with Gasteiger partial charge in [-0.2, -0.15) is 9.78 Å². The van der Waals surface area contributed by atoms with Crippen LogP contribution in [0.2, 0.25) is 0 Å². The largest absolute Gasteiger partial charge is 0.493 e. The molecule has 0 radical (unpaired) electrons. The van der Waals surface area contributed by atoms with Gasteiger partial charge in [-0.1, -0.05) is 37.3 Å². The molecule has 1 heterocycles. The van der Waals surface area contributed by atoms with Crippen molar-refractivity contribution in [3.63, 3.8) is 0 Å². The molecule has 0 fully saturated rings. The normalized spacial score (nSPS) is 11.0. The Labute approximate surface area is 160 Å². The Morgan fingerprint density at radius 3 is 2.77 bits per heavy atom. The van der Waals surface area contributed by atoms with Crippen molar-refractivity contribution in [3.8, 4) is 22.9 Å². The molecular formula is C19H19BrN4O2. The molecule has 6 nitrogen and oxygen atoms in total. The summed E-state index contributed by atoms with van der Waals surface area (Å²) in [6.07, 6.45) is 4.23. The van der Waals surface area contributed by atoms with Crippen molar-refractivity contribution in [2.24, 2.45) is 5.10 Å². The second-order valence-electron chi connectivity index (χ2n) is 5.49. The predicted molar refractivity (Wildman–Crippen MR) is 105 cm³/mol. The van der Waals surface area contributed by atoms with Gasteiger partial charge in [0, 0.05) is 5.56 Å². The van der Waals surface area contributed by atoms with E-state index in [1.54, 1.807) is 24.3 Å². The SMILES string of the molecule is CCCOc1c(Br)cc(/C=N\n2cnnc2-c2ccccc2)cc1OC. The highest BCUT2D eigenvalue weighted by atomic mass is 79.9. The third kappa shape index (κ3) is 4.11. The molecule has 0 bridgehead atoms. The van der Waals surface area contributed by atoms with Gasteiger partial charge in [-0.15, -0.1) is 10.2 Å². The number of hydrogen-bond acceptors (Lipinski definition) is 5. The first kappa shape index (κ1) is 18.1. The van der Waals surface area contributed by atoms with Gasteiger partial charge in [0.2, 0.25) is 0 Å². The Morgan fingerprint density at radius 1 is 1.23 bits per heavy atom. The fourth-order valence-electron chi connectivity index (χ4n) is 2.38. The Morgan fingerprint density at radius 2 is 2.04 bits per heavy atom. The van der Waals surface area contributed by atoms with Crippen LogP contribution in [0, 0.1) is 0 Å². The number of nitrogens with zero attached hydrogens (tertiary/aromatic N) is 4. The average Bonchev–Trinajstić information content (AvgIpc) is 3.14. The van der Waals surface area contributed by atoms with E-state index < -0.39 is 0 Å². The van der Waals surface area contributed by atoms with E-state index in [-0.39, 0.29) is 0 Å². The first-order chi connectivity index (χ1) is 12.7. The second-order valence-corrected chi connectivity index (χ2v) is 6.35. The summed E-state index contributed by atoms with van der Waals surface area (Å²) < 4.78 is 13.6. The Bertz CT molecular complexity index is 894. The van der Waals surface area contributed by atoms with Crippen molar-refractivity contribution >= 4 is 22.1 Å². The third-order valence-corrected chi connectivity index (χ3v) is 4.19. The lowest BCUT2D eigenvalue weighted by molar-refractivity contribution is 0.292. The van der Waals surface area contributed by atoms with Crippen LogP contribution in [0.4, 0.5) is 0 Å². The first-order valence-electron chi connectivity index (χ1n) is 8.23. The number of aromatic nitrogens is 3. The minimum atomic E-state index is 0.629. The summed E-state index contributed by atoms with van der Waals surface area (Å²) >= 11 is 3.54. The number of halogens is 1. The van der Waals surface area contributed by atoms with Crippen LogP contribution in [0.5, 0.6) is 11.5 Å². The van der Waals surface area contributed by atoms with Gasteiger partial charge in [-0.3, -0.25) is 0 Å². The van der Waals surface area contributed by atoms with E-state index in [0.717, 1.165) is 22.0 Å². The lowest BCUT2D eigenvalue weighted by atomic mass is 10.2. The van der Waals surface area contributed by atoms with Crippen molar-refractivity contribution < 1.29 is 9.47 Å². The van der Waals surface area contributed by atoms with Crippen LogP contribution < -0.4 is 9.47 Å². The standard InChI is InChI=1S/C19H19BrN4O2/c1-3-9-26-18-16(20)10-14(11-17(18)25-2)12-22-24-13-21-23-19(24)15-7-5-4-6-8-15/h4-8,10-13H,3,9H2,1-2H3/b22-12-. The molecule has 0 aliphatic rings. The van der Waals surface area contributed by atoms with Gasteiger partial charge in [0.25, 0.3) is 0 Å². The third-order valence-electron chi connectivity index (χ3n) is 3.60. The quantitative estimate of drug-likeness (QED) is 0.537. The van der Waals surface area contributed by atoms with E-state index in [0.29, 0.717) is 23.9 Å². The van der Waals surface area contributed by atoms with Gasteiger partial charge in [-0.05, 0) is 40.0 Å². The van der Waals surface area contributed by atoms with Gasteiger partial charge >= 0.3 is 0 Å². The molecule has 134 valence electrons. The summed E-state index contributed by atoms with van der Waals surface area (Å²) in [4.78, 5) is 0. The molecule has 0 spiro atoms. The fourth-order valence-corrected chi connectivity index (χ4v) is 2.95. The number of ether oxygens (including phenoxy) is 2. The highest BCUT2D eigenvalue weighted by molar-refractivity contribution is 9.10. The monoisotopic (exact) mass is 414 g/mol. The first-order valence-corrected chi connectivity index (χ1v) is 9.02. The van der Waals surface area contributed by atoms with Gasteiger partial charge in [0.1, 0.15) is 6.33 Å². The van der Waals surface area contributed by atoms with Gasteiger partial charge < -0.3 is 9.47 Å². The molecule has 3 aromatic rings. The maximum Gasteiger partial charge on any atom is 0.184 e. The zero-order valence-electron chi connectivity index (χ0n) is 14.6. The lowest BCUT2D eigenvalue weighted by Crippen LogP contribution is -2.00. The number of rotatable bonds is 7. The summed E-state index contributed by atoms with van der Waals surface area (Å²) in [5.41, 5.74) is 1.81. The molecule has 0 amide bonds. The van der Waals surface area contributed by atoms with Crippen molar-refractivity contribution in [3.05, 3.63) is 58.8 Å². The van der Waals surface area contributed by atoms with Gasteiger partial charge in [-0.25, -0.2) is 0 Å². The molecular weight excluding hydrogens is 396 g/mol. The van der Waals surface area contributed by atoms with E-state index >= 15 is 0 Å². The van der Waals surface area contributed by atoms with Crippen LogP contribution in [0.3, 0.4) is 0 Å². The van der Waals surface area contributed by atoms with Gasteiger partial charge in [0.05, 0.1) is 24.4 Å². The zero-order valence-corrected chi connectivity index (χ0v) is 16.2. The van der Waals surface area contributed by atoms with Crippen LogP contribution in [0.1, 0.15) is 18.9 Å². The number of benzene rings is 2. The lowest BCUT2D eigenvalue weighted by Gasteiger charge is -2.12. The van der Waals surface area contributed by atoms with Crippen molar-refractivity contribution in [2.75, 3.05) is 13.7 Å². The molecule has 26 heavy (non-hydrogen) atoms. The second kappa shape index (κ2) is 8.62. The molecule has 3 rings (SSSR count). The summed E-state index contributed by atoms with van der Waals surface area (Å²) in [6, 6.07) is 13.6. The van der Waals surface area contributed by atoms with E-state index in [1.165, 1.54) is 0 Å². The van der Waals surface area contributed by atoms with Crippen molar-refractivity contribution in [1.82, 2.24) is 14.9 Å². The molecule has 2 aromatic carbocycles. The van der Waals surface area contributed by atoms with Crippen molar-refractivity contribution in [2.45, 2.75) is 13.3 Å².